The number of esters is 1. The van der Waals surface area contributed by atoms with Gasteiger partial charge in [-0.25, -0.2) is 4.79 Å². The first-order valence-electron chi connectivity index (χ1n) is 9.37. The summed E-state index contributed by atoms with van der Waals surface area (Å²) in [5, 5.41) is 2.08. The highest BCUT2D eigenvalue weighted by Gasteiger charge is 2.40. The average molecular weight is 356 g/mol. The van der Waals surface area contributed by atoms with Crippen LogP contribution < -0.4 is 0 Å². The zero-order chi connectivity index (χ0) is 18.7. The number of hydrogen-bond acceptors (Lipinski definition) is 4. The maximum Gasteiger partial charge on any atom is 0.343 e. The summed E-state index contributed by atoms with van der Waals surface area (Å²) in [5.41, 5.74) is -0.320. The molecule has 0 bridgehead atoms. The van der Waals surface area contributed by atoms with Crippen LogP contribution >= 0.6 is 0 Å². The molecule has 0 unspecified atom stereocenters. The molecular formula is C22H28O4. The Morgan fingerprint density at radius 2 is 1.92 bits per heavy atom. The molecular weight excluding hydrogens is 328 g/mol. The van der Waals surface area contributed by atoms with Crippen molar-refractivity contribution in [3.63, 3.8) is 0 Å². The molecule has 1 aliphatic heterocycles. The van der Waals surface area contributed by atoms with E-state index in [0.717, 1.165) is 35.6 Å². The highest BCUT2D eigenvalue weighted by molar-refractivity contribution is 5.92. The van der Waals surface area contributed by atoms with Crippen LogP contribution in [0.25, 0.3) is 10.8 Å². The van der Waals surface area contributed by atoms with Crippen LogP contribution in [0.15, 0.2) is 42.5 Å². The molecule has 1 aliphatic rings. The van der Waals surface area contributed by atoms with Gasteiger partial charge in [0.2, 0.25) is 0 Å². The Morgan fingerprint density at radius 1 is 1.19 bits per heavy atom. The van der Waals surface area contributed by atoms with Crippen LogP contribution in [0.1, 0.15) is 45.6 Å². The molecule has 140 valence electrons. The fraction of sp³-hybridized carbons (Fsp3) is 0.500. The Labute approximate surface area is 155 Å². The fourth-order valence-corrected chi connectivity index (χ4v) is 3.77. The lowest BCUT2D eigenvalue weighted by Crippen LogP contribution is -2.42. The van der Waals surface area contributed by atoms with Gasteiger partial charge in [0.15, 0.2) is 5.60 Å². The van der Waals surface area contributed by atoms with Crippen molar-refractivity contribution < 1.29 is 19.0 Å². The van der Waals surface area contributed by atoms with Gasteiger partial charge in [-0.05, 0) is 31.0 Å². The number of hydrogen-bond donors (Lipinski definition) is 0. The van der Waals surface area contributed by atoms with Gasteiger partial charge < -0.3 is 14.2 Å². The molecule has 1 saturated heterocycles. The van der Waals surface area contributed by atoms with E-state index in [9.17, 15) is 4.79 Å². The van der Waals surface area contributed by atoms with Gasteiger partial charge in [0.1, 0.15) is 6.10 Å². The molecule has 0 radical (unpaired) electrons. The van der Waals surface area contributed by atoms with Crippen molar-refractivity contribution in [1.82, 2.24) is 0 Å². The quantitative estimate of drug-likeness (QED) is 0.735. The van der Waals surface area contributed by atoms with Crippen molar-refractivity contribution in [3.05, 3.63) is 48.0 Å². The second-order valence-electron chi connectivity index (χ2n) is 7.24. The van der Waals surface area contributed by atoms with E-state index in [2.05, 4.69) is 6.92 Å². The van der Waals surface area contributed by atoms with Crippen LogP contribution in [-0.2, 0) is 24.6 Å². The third-order valence-corrected chi connectivity index (χ3v) is 5.38. The monoisotopic (exact) mass is 356 g/mol. The zero-order valence-electron chi connectivity index (χ0n) is 16.0. The summed E-state index contributed by atoms with van der Waals surface area (Å²) in [5.74, 6) is -0.342. The van der Waals surface area contributed by atoms with Crippen LogP contribution in [0, 0.1) is 0 Å². The Morgan fingerprint density at radius 3 is 2.65 bits per heavy atom. The number of rotatable bonds is 5. The molecule has 0 aromatic heterocycles. The lowest BCUT2D eigenvalue weighted by Gasteiger charge is -2.35. The van der Waals surface area contributed by atoms with Crippen molar-refractivity contribution in [1.29, 1.82) is 0 Å². The maximum atomic E-state index is 13.1. The number of carbonyl (C=O) groups is 1. The molecule has 0 amide bonds. The topological polar surface area (TPSA) is 44.8 Å². The third-order valence-electron chi connectivity index (χ3n) is 5.38. The van der Waals surface area contributed by atoms with E-state index in [1.807, 2.05) is 49.4 Å². The standard InChI is InChI=1S/C22H28O4/c1-5-17-14-18(13-15(2)25-17)26-21(23)22(3,24-4)20-12-8-10-16-9-6-7-11-19(16)20/h6-12,15,17-18H,5,13-14H2,1-4H3/t15-,17+,18-,22+/m1/s1. The van der Waals surface area contributed by atoms with Crippen molar-refractivity contribution in [2.45, 2.75) is 63.9 Å². The Kier molecular flexibility index (Phi) is 5.64. The van der Waals surface area contributed by atoms with Gasteiger partial charge in [-0.15, -0.1) is 0 Å². The summed E-state index contributed by atoms with van der Waals surface area (Å²) in [4.78, 5) is 13.1. The normalized spacial score (nSPS) is 25.6. The second-order valence-corrected chi connectivity index (χ2v) is 7.24. The lowest BCUT2D eigenvalue weighted by atomic mass is 9.90. The molecule has 1 fully saturated rings. The van der Waals surface area contributed by atoms with Gasteiger partial charge in [-0.1, -0.05) is 49.4 Å². The average Bonchev–Trinajstić information content (AvgIpc) is 2.66. The fourth-order valence-electron chi connectivity index (χ4n) is 3.77. The van der Waals surface area contributed by atoms with Crippen molar-refractivity contribution in [2.24, 2.45) is 0 Å². The Hall–Kier alpha value is -1.91. The third kappa shape index (κ3) is 3.62. The smallest absolute Gasteiger partial charge is 0.343 e. The van der Waals surface area contributed by atoms with Crippen LogP contribution in [0.3, 0.4) is 0 Å². The maximum absolute atomic E-state index is 13.1. The molecule has 0 N–H and O–H groups in total. The molecule has 3 rings (SSSR count). The minimum atomic E-state index is -1.15. The predicted octanol–water partition coefficient (Wildman–Crippen LogP) is 4.59. The Balaban J connectivity index is 1.87. The van der Waals surface area contributed by atoms with Crippen LogP contribution in [-0.4, -0.2) is 31.4 Å². The first-order valence-corrected chi connectivity index (χ1v) is 9.37. The summed E-state index contributed by atoms with van der Waals surface area (Å²) < 4.78 is 17.5. The van der Waals surface area contributed by atoms with E-state index in [1.54, 1.807) is 14.0 Å². The molecule has 0 spiro atoms. The highest BCUT2D eigenvalue weighted by atomic mass is 16.6. The molecule has 4 nitrogen and oxygen atoms in total. The van der Waals surface area contributed by atoms with Crippen molar-refractivity contribution >= 4 is 16.7 Å². The summed E-state index contributed by atoms with van der Waals surface area (Å²) >= 11 is 0. The SMILES string of the molecule is CC[C@H]1C[C@H](OC(=O)[C@@](C)(OC)c2cccc3ccccc23)C[C@@H](C)O1. The van der Waals surface area contributed by atoms with Gasteiger partial charge in [0.25, 0.3) is 0 Å². The lowest BCUT2D eigenvalue weighted by molar-refractivity contribution is -0.183. The van der Waals surface area contributed by atoms with Crippen molar-refractivity contribution in [2.75, 3.05) is 7.11 Å². The number of ether oxygens (including phenoxy) is 3. The van der Waals surface area contributed by atoms with Gasteiger partial charge in [-0.3, -0.25) is 0 Å². The van der Waals surface area contributed by atoms with Gasteiger partial charge in [-0.2, -0.15) is 0 Å². The summed E-state index contributed by atoms with van der Waals surface area (Å²) in [7, 11) is 1.56. The van der Waals surface area contributed by atoms with Crippen LogP contribution in [0.2, 0.25) is 0 Å². The zero-order valence-corrected chi connectivity index (χ0v) is 16.0. The molecule has 0 aliphatic carbocycles. The van der Waals surface area contributed by atoms with Gasteiger partial charge in [0, 0.05) is 25.5 Å². The molecule has 1 heterocycles. The molecule has 4 heteroatoms. The number of methoxy groups -OCH3 is 1. The first kappa shape index (κ1) is 18.9. The molecule has 26 heavy (non-hydrogen) atoms. The predicted molar refractivity (Wildman–Crippen MR) is 102 cm³/mol. The van der Waals surface area contributed by atoms with Crippen molar-refractivity contribution in [3.8, 4) is 0 Å². The minimum absolute atomic E-state index is 0.0952. The number of carbonyl (C=O) groups excluding carboxylic acids is 1. The minimum Gasteiger partial charge on any atom is -0.460 e. The number of fused-ring (bicyclic) bond motifs is 1. The van der Waals surface area contributed by atoms with E-state index < -0.39 is 5.60 Å². The first-order chi connectivity index (χ1) is 12.5. The second kappa shape index (κ2) is 7.77. The van der Waals surface area contributed by atoms with E-state index in [0.29, 0.717) is 0 Å². The van der Waals surface area contributed by atoms with E-state index >= 15 is 0 Å². The van der Waals surface area contributed by atoms with Gasteiger partial charge >= 0.3 is 5.97 Å². The van der Waals surface area contributed by atoms with Crippen LogP contribution in [0.4, 0.5) is 0 Å². The summed E-state index contributed by atoms with van der Waals surface area (Å²) in [6, 6.07) is 13.9. The summed E-state index contributed by atoms with van der Waals surface area (Å²) in [6.45, 7) is 5.91. The molecule has 0 saturated carbocycles. The van der Waals surface area contributed by atoms with E-state index in [1.165, 1.54) is 0 Å². The van der Waals surface area contributed by atoms with E-state index in [-0.39, 0.29) is 24.3 Å². The van der Waals surface area contributed by atoms with E-state index in [4.69, 9.17) is 14.2 Å². The number of benzene rings is 2. The van der Waals surface area contributed by atoms with Crippen LogP contribution in [0.5, 0.6) is 0 Å². The van der Waals surface area contributed by atoms with Gasteiger partial charge in [0.05, 0.1) is 12.2 Å². The largest absolute Gasteiger partial charge is 0.460 e. The molecule has 2 aromatic carbocycles. The highest BCUT2D eigenvalue weighted by Crippen LogP contribution is 2.34. The molecule has 2 aromatic rings. The summed E-state index contributed by atoms with van der Waals surface area (Å²) in [6.07, 6.45) is 2.48. The Bertz CT molecular complexity index is 766. The molecule has 4 atom stereocenters.